The number of nitrogens with one attached hydrogen (secondary N) is 2. The lowest BCUT2D eigenvalue weighted by atomic mass is 9.88. The molecule has 27 heteroatoms. The summed E-state index contributed by atoms with van der Waals surface area (Å²) >= 11 is 0. The van der Waals surface area contributed by atoms with Crippen molar-refractivity contribution >= 4 is 23.8 Å². The second-order valence-electron chi connectivity index (χ2n) is 17.1. The van der Waals surface area contributed by atoms with Crippen molar-refractivity contribution in [3.8, 4) is 16.9 Å². The minimum absolute atomic E-state index is 0.0490. The van der Waals surface area contributed by atoms with Crippen LogP contribution < -0.4 is 15.4 Å². The standard InChI is InChI=1S/C50H63F4N5O18/c1-31-41(51)43(53)44(54)47(42(31)52)76-40(65)11-13-69-15-17-71-19-20-72-18-16-70-14-12-59-28-35(57-58-59)30-74-22-21-73-23-24-75-50(49(67)68)26-36(61)45(56-39(64)29-60)48(77-50)46(66)37(62)27-55-38(63)25-32-7-9-34(10-8-32)33-5-3-2-4-6-33/h2-10,28,36-37,45-46,48,60-62,66H,11-27,29-30H2,1H3,(H,55,63)(H,56,64)(H,67,68)/t36-,37+,45+,46+,48+,50+/m0/s1. The summed E-state index contributed by atoms with van der Waals surface area (Å²) < 4.78 is 105. The van der Waals surface area contributed by atoms with Crippen LogP contribution in [0.15, 0.2) is 60.8 Å². The van der Waals surface area contributed by atoms with Gasteiger partial charge in [0.1, 0.15) is 24.5 Å². The normalized spacial score (nSPS) is 18.2. The molecule has 4 aromatic rings. The lowest BCUT2D eigenvalue weighted by molar-refractivity contribution is -0.312. The molecule has 1 saturated heterocycles. The molecule has 0 aliphatic carbocycles. The first-order valence-corrected chi connectivity index (χ1v) is 24.3. The van der Waals surface area contributed by atoms with Crippen LogP contribution >= 0.6 is 0 Å². The first-order chi connectivity index (χ1) is 37.0. The number of ether oxygens (including phenoxy) is 9. The Morgan fingerprint density at radius 1 is 0.766 bits per heavy atom. The summed E-state index contributed by atoms with van der Waals surface area (Å²) in [6, 6.07) is 15.4. The summed E-state index contributed by atoms with van der Waals surface area (Å²) in [6.45, 7) is 0.828. The van der Waals surface area contributed by atoms with Gasteiger partial charge in [0.05, 0.1) is 130 Å². The minimum atomic E-state index is -2.58. The third-order valence-corrected chi connectivity index (χ3v) is 11.5. The number of carboxylic acid groups (broad SMARTS) is 1. The highest BCUT2D eigenvalue weighted by Gasteiger charge is 2.56. The lowest BCUT2D eigenvalue weighted by Gasteiger charge is -2.46. The average molecular weight is 1100 g/mol. The molecule has 0 bridgehead atoms. The van der Waals surface area contributed by atoms with Gasteiger partial charge in [-0.05, 0) is 23.6 Å². The number of aliphatic carboxylic acids is 1. The van der Waals surface area contributed by atoms with Crippen molar-refractivity contribution in [2.75, 3.05) is 92.4 Å². The summed E-state index contributed by atoms with van der Waals surface area (Å²) in [5.74, 6) is -15.3. The highest BCUT2D eigenvalue weighted by atomic mass is 19.2. The number of esters is 1. The van der Waals surface area contributed by atoms with E-state index in [4.69, 9.17) is 37.9 Å². The third-order valence-electron chi connectivity index (χ3n) is 11.5. The van der Waals surface area contributed by atoms with E-state index in [0.29, 0.717) is 24.4 Å². The molecule has 1 aromatic heterocycles. The maximum atomic E-state index is 14.0. The maximum absolute atomic E-state index is 14.0. The molecule has 1 aliphatic heterocycles. The van der Waals surface area contributed by atoms with Gasteiger partial charge in [0.2, 0.25) is 23.4 Å². The van der Waals surface area contributed by atoms with E-state index < -0.39 is 121 Å². The summed E-state index contributed by atoms with van der Waals surface area (Å²) in [5, 5.41) is 65.6. The van der Waals surface area contributed by atoms with Crippen molar-refractivity contribution in [3.05, 3.63) is 101 Å². The minimum Gasteiger partial charge on any atom is -0.477 e. The third kappa shape index (κ3) is 19.4. The maximum Gasteiger partial charge on any atom is 0.364 e. The Kier molecular flexibility index (Phi) is 25.6. The Labute approximate surface area is 439 Å². The first kappa shape index (κ1) is 61.8. The fraction of sp³-hybridized carbons (Fsp3) is 0.520. The molecule has 2 heterocycles. The number of aromatic nitrogens is 3. The molecule has 5 rings (SSSR count). The van der Waals surface area contributed by atoms with Gasteiger partial charge in [0.25, 0.3) is 5.79 Å². The Balaban J connectivity index is 0.899. The van der Waals surface area contributed by atoms with E-state index in [1.165, 1.54) is 0 Å². The molecule has 7 N–H and O–H groups in total. The molecule has 0 saturated carbocycles. The Bertz CT molecular complexity index is 2450. The number of hydrogen-bond donors (Lipinski definition) is 7. The Morgan fingerprint density at radius 2 is 1.36 bits per heavy atom. The van der Waals surface area contributed by atoms with E-state index >= 15 is 0 Å². The quantitative estimate of drug-likeness (QED) is 0.00841. The molecule has 2 amide bonds. The molecule has 23 nitrogen and oxygen atoms in total. The molecular weight excluding hydrogens is 1030 g/mol. The van der Waals surface area contributed by atoms with E-state index in [9.17, 15) is 62.3 Å². The SMILES string of the molecule is Cc1c(F)c(F)c(F)c(OC(=O)CCOCCOCCOCCOCCn2cc(COCCOCCO[C@]3(C(=O)O)C[C@H](O)[C@@H](NC(=O)CO)[C@H]([C@H](O)[C@H](O)CNC(=O)Cc4ccc(-c5ccccc5)cc4)O3)nn2)c1F. The van der Waals surface area contributed by atoms with Crippen LogP contribution in [0, 0.1) is 30.2 Å². The molecule has 3 aromatic carbocycles. The van der Waals surface area contributed by atoms with Crippen molar-refractivity contribution in [3.63, 3.8) is 0 Å². The van der Waals surface area contributed by atoms with Gasteiger partial charge in [0.15, 0.2) is 17.5 Å². The topological polar surface area (TPSA) is 307 Å². The first-order valence-electron chi connectivity index (χ1n) is 24.3. The van der Waals surface area contributed by atoms with E-state index in [-0.39, 0.29) is 85.7 Å². The largest absolute Gasteiger partial charge is 0.477 e. The molecular formula is C50H63F4N5O18. The highest BCUT2D eigenvalue weighted by molar-refractivity contribution is 5.79. The molecule has 1 aliphatic rings. The second kappa shape index (κ2) is 32.0. The number of nitrogens with zero attached hydrogens (tertiary/aromatic N) is 3. The van der Waals surface area contributed by atoms with Crippen molar-refractivity contribution in [2.24, 2.45) is 0 Å². The van der Waals surface area contributed by atoms with Crippen molar-refractivity contribution in [1.29, 1.82) is 0 Å². The number of amides is 2. The molecule has 0 spiro atoms. The monoisotopic (exact) mass is 1100 g/mol. The van der Waals surface area contributed by atoms with Crippen LogP contribution in [0.4, 0.5) is 17.6 Å². The zero-order valence-electron chi connectivity index (χ0n) is 42.0. The number of carbonyl (C=O) groups is 4. The van der Waals surface area contributed by atoms with Crippen molar-refractivity contribution in [1.82, 2.24) is 25.6 Å². The molecule has 6 atom stereocenters. The average Bonchev–Trinajstić information content (AvgIpc) is 3.90. The summed E-state index contributed by atoms with van der Waals surface area (Å²) in [6.07, 6.45) is -6.85. The number of carboxylic acids is 1. The van der Waals surface area contributed by atoms with Gasteiger partial charge in [-0.1, -0.05) is 59.8 Å². The van der Waals surface area contributed by atoms with Crippen molar-refractivity contribution in [2.45, 2.75) is 75.6 Å². The van der Waals surface area contributed by atoms with Crippen LogP contribution in [-0.2, 0) is 76.6 Å². The van der Waals surface area contributed by atoms with Gasteiger partial charge in [-0.2, -0.15) is 4.39 Å². The molecule has 424 valence electrons. The molecule has 77 heavy (non-hydrogen) atoms. The van der Waals surface area contributed by atoms with Crippen LogP contribution in [-0.4, -0.2) is 193 Å². The van der Waals surface area contributed by atoms with Gasteiger partial charge >= 0.3 is 11.9 Å². The number of aliphatic hydroxyl groups is 4. The fourth-order valence-corrected chi connectivity index (χ4v) is 7.43. The zero-order valence-corrected chi connectivity index (χ0v) is 42.0. The van der Waals surface area contributed by atoms with Crippen LogP contribution in [0.5, 0.6) is 5.75 Å². The smallest absolute Gasteiger partial charge is 0.364 e. The van der Waals surface area contributed by atoms with Crippen LogP contribution in [0.2, 0.25) is 0 Å². The number of hydrogen-bond acceptors (Lipinski definition) is 19. The fourth-order valence-electron chi connectivity index (χ4n) is 7.43. The number of aliphatic hydroxyl groups excluding tert-OH is 4. The molecule has 0 unspecified atom stereocenters. The number of rotatable bonds is 35. The summed E-state index contributed by atoms with van der Waals surface area (Å²) in [4.78, 5) is 49.4. The molecule has 1 fully saturated rings. The lowest BCUT2D eigenvalue weighted by Crippen LogP contribution is -2.68. The highest BCUT2D eigenvalue weighted by Crippen LogP contribution is 2.34. The van der Waals surface area contributed by atoms with Gasteiger partial charge in [0, 0.05) is 18.5 Å². The zero-order chi connectivity index (χ0) is 55.7. The summed E-state index contributed by atoms with van der Waals surface area (Å²) in [5.41, 5.74) is 2.31. The van der Waals surface area contributed by atoms with Gasteiger partial charge in [-0.25, -0.2) is 22.6 Å². The Hall–Kier alpha value is -6.08. The van der Waals surface area contributed by atoms with E-state index in [1.807, 2.05) is 42.5 Å². The van der Waals surface area contributed by atoms with Crippen molar-refractivity contribution < 1.29 is 105 Å². The van der Waals surface area contributed by atoms with Crippen LogP contribution in [0.25, 0.3) is 11.1 Å². The Morgan fingerprint density at radius 3 is 2.00 bits per heavy atom. The van der Waals surface area contributed by atoms with Crippen LogP contribution in [0.1, 0.15) is 29.7 Å². The van der Waals surface area contributed by atoms with E-state index in [0.717, 1.165) is 18.1 Å². The summed E-state index contributed by atoms with van der Waals surface area (Å²) in [7, 11) is 0. The number of carbonyl (C=O) groups excluding carboxylic acids is 3. The van der Waals surface area contributed by atoms with E-state index in [2.05, 4.69) is 25.7 Å². The predicted octanol–water partition coefficient (Wildman–Crippen LogP) is 0.910. The van der Waals surface area contributed by atoms with Gasteiger partial charge < -0.3 is 78.8 Å². The van der Waals surface area contributed by atoms with Gasteiger partial charge in [-0.3, -0.25) is 14.4 Å². The predicted molar refractivity (Wildman–Crippen MR) is 256 cm³/mol. The number of halogens is 4. The second-order valence-corrected chi connectivity index (χ2v) is 17.1. The van der Waals surface area contributed by atoms with E-state index in [1.54, 1.807) is 23.0 Å². The van der Waals surface area contributed by atoms with Crippen LogP contribution in [0.3, 0.4) is 0 Å². The number of benzene rings is 3. The molecule has 0 radical (unpaired) electrons. The van der Waals surface area contributed by atoms with Gasteiger partial charge in [-0.15, -0.1) is 5.10 Å².